The van der Waals surface area contributed by atoms with Gasteiger partial charge in [0, 0.05) is 26.7 Å². The average Bonchev–Trinajstić information content (AvgIpc) is 2.67. The van der Waals surface area contributed by atoms with Crippen molar-refractivity contribution >= 4 is 11.8 Å². The Labute approximate surface area is 157 Å². The molecule has 0 spiro atoms. The molecule has 2 aromatic carbocycles. The predicted octanol–water partition coefficient (Wildman–Crippen LogP) is 5.17. The first-order valence-corrected chi connectivity index (χ1v) is 9.56. The van der Waals surface area contributed by atoms with Gasteiger partial charge in [-0.25, -0.2) is 4.79 Å². The van der Waals surface area contributed by atoms with Gasteiger partial charge in [-0.15, -0.1) is 0 Å². The molecule has 0 aliphatic carbocycles. The van der Waals surface area contributed by atoms with Gasteiger partial charge in [-0.2, -0.15) is 0 Å². The largest absolute Gasteiger partial charge is 0.445 e. The Bertz CT molecular complexity index is 667. The number of carbonyl (C=O) groups excluding carboxylic acids is 1. The molecule has 26 heavy (non-hydrogen) atoms. The van der Waals surface area contributed by atoms with Gasteiger partial charge >= 0.3 is 6.09 Å². The zero-order valence-electron chi connectivity index (χ0n) is 15.3. The Kier molecular flexibility index (Phi) is 6.94. The molecule has 140 valence electrons. The van der Waals surface area contributed by atoms with Crippen LogP contribution in [0.3, 0.4) is 0 Å². The summed E-state index contributed by atoms with van der Waals surface area (Å²) in [6, 6.07) is 20.1. The number of hydrogen-bond acceptors (Lipinski definition) is 3. The van der Waals surface area contributed by atoms with Crippen molar-refractivity contribution in [1.82, 2.24) is 4.90 Å². The molecule has 1 N–H and O–H groups in total. The van der Waals surface area contributed by atoms with Crippen LogP contribution in [0, 0.1) is 5.92 Å². The van der Waals surface area contributed by atoms with E-state index in [-0.39, 0.29) is 7.52 Å². The molecule has 0 aromatic heterocycles. The zero-order chi connectivity index (χ0) is 18.0. The van der Waals surface area contributed by atoms with Gasteiger partial charge in [0.25, 0.3) is 0 Å². The Morgan fingerprint density at radius 3 is 2.54 bits per heavy atom. The van der Waals surface area contributed by atoms with Crippen molar-refractivity contribution in [3.05, 3.63) is 66.2 Å². The molecule has 0 radical (unpaired) electrons. The summed E-state index contributed by atoms with van der Waals surface area (Å²) in [7, 11) is 0. The van der Waals surface area contributed by atoms with Crippen LogP contribution in [0.25, 0.3) is 0 Å². The summed E-state index contributed by atoms with van der Waals surface area (Å²) in [5.41, 5.74) is 2.16. The lowest BCUT2D eigenvalue weighted by atomic mass is 9.98. The van der Waals surface area contributed by atoms with E-state index in [9.17, 15) is 4.79 Å². The van der Waals surface area contributed by atoms with Crippen molar-refractivity contribution in [2.75, 3.05) is 25.0 Å². The highest BCUT2D eigenvalue weighted by atomic mass is 16.6. The molecule has 0 bridgehead atoms. The van der Waals surface area contributed by atoms with E-state index >= 15 is 0 Å². The highest BCUT2D eigenvalue weighted by molar-refractivity contribution is 5.67. The van der Waals surface area contributed by atoms with E-state index < -0.39 is 0 Å². The van der Waals surface area contributed by atoms with Crippen molar-refractivity contribution in [1.29, 1.82) is 0 Å². The maximum Gasteiger partial charge on any atom is 0.410 e. The normalized spacial score (nSPS) is 17.8. The number of nitrogens with one attached hydrogen (secondary N) is 1. The second-order valence-electron chi connectivity index (χ2n) is 6.95. The van der Waals surface area contributed by atoms with Crippen molar-refractivity contribution < 1.29 is 11.0 Å². The molecule has 1 atom stereocenters. The van der Waals surface area contributed by atoms with Crippen LogP contribution in [0.5, 0.6) is 0 Å². The van der Waals surface area contributed by atoms with Crippen LogP contribution in [-0.4, -0.2) is 30.6 Å². The van der Waals surface area contributed by atoms with Crippen LogP contribution >= 0.6 is 0 Å². The molecule has 4 heteroatoms. The zero-order valence-corrected chi connectivity index (χ0v) is 15.3. The number of hydrogen-bond donors (Lipinski definition) is 1. The van der Waals surface area contributed by atoms with Crippen LogP contribution in [0.1, 0.15) is 32.7 Å². The van der Waals surface area contributed by atoms with Gasteiger partial charge in [0.15, 0.2) is 0 Å². The van der Waals surface area contributed by atoms with Crippen LogP contribution in [0.15, 0.2) is 60.7 Å². The first-order valence-electron chi connectivity index (χ1n) is 9.56. The number of amides is 1. The molecule has 4 nitrogen and oxygen atoms in total. The Hall–Kier alpha value is -2.49. The third kappa shape index (κ3) is 5.80. The Balaban J connectivity index is 0.00000261. The lowest BCUT2D eigenvalue weighted by molar-refractivity contribution is 0.0868. The monoisotopic (exact) mass is 354 g/mol. The smallest absolute Gasteiger partial charge is 0.410 e. The molecule has 3 rings (SSSR count). The molecule has 0 saturated carbocycles. The van der Waals surface area contributed by atoms with Crippen molar-refractivity contribution in [2.24, 2.45) is 5.92 Å². The molecule has 1 aliphatic heterocycles. The Morgan fingerprint density at radius 2 is 1.77 bits per heavy atom. The fourth-order valence-corrected chi connectivity index (χ4v) is 3.37. The predicted molar refractivity (Wildman–Crippen MR) is 107 cm³/mol. The first-order chi connectivity index (χ1) is 12.8. The van der Waals surface area contributed by atoms with Gasteiger partial charge in [0.2, 0.25) is 0 Å². The van der Waals surface area contributed by atoms with E-state index in [0.29, 0.717) is 12.5 Å². The van der Waals surface area contributed by atoms with Crippen LogP contribution in [0.4, 0.5) is 10.5 Å². The standard InChI is InChI=1S/C22H28N2O2.H2/c25-22(26-18-19-10-4-1-5-11-19)24-15-9-3-6-12-20(17-24)16-23-21-13-7-2-8-14-21;/h1-2,4-5,7-8,10-11,13-14,20,23H,3,6,9,12,15-18H2;1H. The molecular weight excluding hydrogens is 324 g/mol. The number of rotatable bonds is 5. The van der Waals surface area contributed by atoms with Crippen LogP contribution < -0.4 is 5.32 Å². The average molecular weight is 354 g/mol. The minimum Gasteiger partial charge on any atom is -0.445 e. The Morgan fingerprint density at radius 1 is 1.04 bits per heavy atom. The third-order valence-corrected chi connectivity index (χ3v) is 4.85. The van der Waals surface area contributed by atoms with E-state index in [2.05, 4.69) is 17.4 Å². The van der Waals surface area contributed by atoms with Gasteiger partial charge < -0.3 is 15.0 Å². The van der Waals surface area contributed by atoms with Crippen molar-refractivity contribution in [3.63, 3.8) is 0 Å². The number of ether oxygens (including phenoxy) is 1. The molecule has 1 heterocycles. The fourth-order valence-electron chi connectivity index (χ4n) is 3.37. The maximum atomic E-state index is 12.5. The van der Waals surface area contributed by atoms with Gasteiger partial charge in [-0.05, 0) is 36.5 Å². The summed E-state index contributed by atoms with van der Waals surface area (Å²) in [6.07, 6.45) is 4.40. The topological polar surface area (TPSA) is 41.6 Å². The van der Waals surface area contributed by atoms with E-state index in [1.807, 2.05) is 53.4 Å². The summed E-state index contributed by atoms with van der Waals surface area (Å²) in [5.74, 6) is 0.444. The molecule has 1 saturated heterocycles. The first kappa shape index (κ1) is 18.3. The fraction of sp³-hybridized carbons (Fsp3) is 0.409. The third-order valence-electron chi connectivity index (χ3n) is 4.85. The maximum absolute atomic E-state index is 12.5. The second-order valence-corrected chi connectivity index (χ2v) is 6.95. The highest BCUT2D eigenvalue weighted by Gasteiger charge is 2.22. The summed E-state index contributed by atoms with van der Waals surface area (Å²) >= 11 is 0. The number of benzene rings is 2. The van der Waals surface area contributed by atoms with Gasteiger partial charge in [0.1, 0.15) is 6.61 Å². The van der Waals surface area contributed by atoms with E-state index in [1.165, 1.54) is 12.8 Å². The lowest BCUT2D eigenvalue weighted by Gasteiger charge is -2.29. The van der Waals surface area contributed by atoms with Crippen LogP contribution in [0.2, 0.25) is 0 Å². The summed E-state index contributed by atoms with van der Waals surface area (Å²) < 4.78 is 5.54. The molecule has 1 fully saturated rings. The number of likely N-dealkylation sites (tertiary alicyclic amines) is 1. The number of anilines is 1. The molecular formula is C22H30N2O2. The molecule has 1 amide bonds. The minimum absolute atomic E-state index is 0. The summed E-state index contributed by atoms with van der Waals surface area (Å²) in [4.78, 5) is 14.4. The van der Waals surface area contributed by atoms with Gasteiger partial charge in [-0.1, -0.05) is 61.4 Å². The number of nitrogens with zero attached hydrogens (tertiary/aromatic N) is 1. The molecule has 2 aromatic rings. The number of carbonyl (C=O) groups is 1. The quantitative estimate of drug-likeness (QED) is 0.805. The molecule has 1 aliphatic rings. The van der Waals surface area contributed by atoms with E-state index in [1.54, 1.807) is 0 Å². The lowest BCUT2D eigenvalue weighted by Crippen LogP contribution is -2.39. The summed E-state index contributed by atoms with van der Waals surface area (Å²) in [6.45, 7) is 2.76. The van der Waals surface area contributed by atoms with Gasteiger partial charge in [-0.3, -0.25) is 0 Å². The van der Waals surface area contributed by atoms with E-state index in [4.69, 9.17) is 4.74 Å². The van der Waals surface area contributed by atoms with Crippen LogP contribution in [-0.2, 0) is 11.3 Å². The van der Waals surface area contributed by atoms with Gasteiger partial charge in [0.05, 0.1) is 0 Å². The second kappa shape index (κ2) is 9.85. The molecule has 1 unspecified atom stereocenters. The van der Waals surface area contributed by atoms with E-state index in [0.717, 1.165) is 43.7 Å². The highest BCUT2D eigenvalue weighted by Crippen LogP contribution is 2.18. The number of para-hydroxylation sites is 1. The van der Waals surface area contributed by atoms with Crippen molar-refractivity contribution in [2.45, 2.75) is 32.3 Å². The van der Waals surface area contributed by atoms with Crippen molar-refractivity contribution in [3.8, 4) is 0 Å². The summed E-state index contributed by atoms with van der Waals surface area (Å²) in [5, 5.41) is 3.50. The SMILES string of the molecule is O=C(OCc1ccccc1)N1CCCCCC(CNc2ccccc2)C1.[HH]. The minimum atomic E-state index is -0.194.